The normalized spacial score (nSPS) is 11.3. The van der Waals surface area contributed by atoms with Gasteiger partial charge in [-0.2, -0.15) is 5.10 Å². The van der Waals surface area contributed by atoms with Gasteiger partial charge in [-0.15, -0.1) is 12.4 Å². The standard InChI is InChI=1S/C17H24N4O4.ClH/c1-18-16(11-8-20-21(2)10-11)17(22)19-9-13-14(24-4)6-12(23-3)7-15(13)25-5;/h6-8,10,16,18H,9H2,1-5H3,(H,19,22);1H. The number of halogens is 1. The first-order valence-corrected chi connectivity index (χ1v) is 7.76. The van der Waals surface area contributed by atoms with Gasteiger partial charge in [-0.1, -0.05) is 0 Å². The molecule has 8 nitrogen and oxygen atoms in total. The number of nitrogens with one attached hydrogen (secondary N) is 2. The molecular formula is C17H25ClN4O4. The number of ether oxygens (including phenoxy) is 3. The Morgan fingerprint density at radius 1 is 1.19 bits per heavy atom. The maximum absolute atomic E-state index is 12.6. The van der Waals surface area contributed by atoms with Crippen LogP contribution in [0.2, 0.25) is 0 Å². The van der Waals surface area contributed by atoms with Crippen LogP contribution in [0.25, 0.3) is 0 Å². The van der Waals surface area contributed by atoms with Crippen LogP contribution >= 0.6 is 12.4 Å². The molecule has 1 heterocycles. The number of hydrogen-bond acceptors (Lipinski definition) is 6. The quantitative estimate of drug-likeness (QED) is 0.716. The SMILES string of the molecule is CNC(C(=O)NCc1c(OC)cc(OC)cc1OC)c1cnn(C)c1.Cl. The molecule has 0 spiro atoms. The number of carbonyl (C=O) groups excluding carboxylic acids is 1. The number of rotatable bonds is 8. The van der Waals surface area contributed by atoms with Crippen LogP contribution in [0.1, 0.15) is 17.2 Å². The van der Waals surface area contributed by atoms with E-state index in [9.17, 15) is 4.79 Å². The van der Waals surface area contributed by atoms with Crippen molar-refractivity contribution in [3.8, 4) is 17.2 Å². The van der Waals surface area contributed by atoms with Gasteiger partial charge >= 0.3 is 0 Å². The molecule has 1 aromatic heterocycles. The second-order valence-corrected chi connectivity index (χ2v) is 5.40. The third-order valence-corrected chi connectivity index (χ3v) is 3.87. The van der Waals surface area contributed by atoms with E-state index in [0.717, 1.165) is 11.1 Å². The molecule has 0 aliphatic rings. The van der Waals surface area contributed by atoms with Crippen LogP contribution in [-0.4, -0.2) is 44.1 Å². The number of benzene rings is 1. The molecule has 2 N–H and O–H groups in total. The summed E-state index contributed by atoms with van der Waals surface area (Å²) in [4.78, 5) is 12.6. The van der Waals surface area contributed by atoms with Crippen molar-refractivity contribution in [3.63, 3.8) is 0 Å². The van der Waals surface area contributed by atoms with E-state index in [4.69, 9.17) is 14.2 Å². The lowest BCUT2D eigenvalue weighted by Crippen LogP contribution is -2.35. The molecule has 9 heteroatoms. The molecule has 1 atom stereocenters. The summed E-state index contributed by atoms with van der Waals surface area (Å²) >= 11 is 0. The topological polar surface area (TPSA) is 86.6 Å². The van der Waals surface area contributed by atoms with Gasteiger partial charge in [0.2, 0.25) is 5.91 Å². The number of nitrogens with zero attached hydrogens (tertiary/aromatic N) is 2. The van der Waals surface area contributed by atoms with Gasteiger partial charge in [-0.25, -0.2) is 0 Å². The molecule has 0 fully saturated rings. The van der Waals surface area contributed by atoms with Crippen LogP contribution in [0, 0.1) is 0 Å². The highest BCUT2D eigenvalue weighted by Gasteiger charge is 2.21. The predicted molar refractivity (Wildman–Crippen MR) is 100 cm³/mol. The minimum Gasteiger partial charge on any atom is -0.496 e. The molecule has 1 aromatic carbocycles. The summed E-state index contributed by atoms with van der Waals surface area (Å²) in [5, 5.41) is 10.0. The third kappa shape index (κ3) is 4.80. The minimum absolute atomic E-state index is 0. The van der Waals surface area contributed by atoms with E-state index in [2.05, 4.69) is 15.7 Å². The van der Waals surface area contributed by atoms with Crippen LogP contribution in [0.4, 0.5) is 0 Å². The van der Waals surface area contributed by atoms with Gasteiger partial charge in [-0.3, -0.25) is 9.48 Å². The molecular weight excluding hydrogens is 360 g/mol. The highest BCUT2D eigenvalue weighted by Crippen LogP contribution is 2.34. The van der Waals surface area contributed by atoms with Crippen molar-refractivity contribution in [3.05, 3.63) is 35.7 Å². The Kier molecular flexibility index (Phi) is 8.21. The van der Waals surface area contributed by atoms with E-state index in [1.807, 2.05) is 0 Å². The largest absolute Gasteiger partial charge is 0.496 e. The van der Waals surface area contributed by atoms with Gasteiger partial charge < -0.3 is 24.8 Å². The third-order valence-electron chi connectivity index (χ3n) is 3.87. The number of likely N-dealkylation sites (N-methyl/N-ethyl adjacent to an activating group) is 1. The Morgan fingerprint density at radius 2 is 1.81 bits per heavy atom. The monoisotopic (exact) mass is 384 g/mol. The average Bonchev–Trinajstić information content (AvgIpc) is 3.05. The molecule has 2 rings (SSSR count). The van der Waals surface area contributed by atoms with Crippen molar-refractivity contribution in [2.24, 2.45) is 7.05 Å². The zero-order valence-corrected chi connectivity index (χ0v) is 16.3. The maximum atomic E-state index is 12.6. The first-order chi connectivity index (χ1) is 12.0. The Hall–Kier alpha value is -2.45. The molecule has 0 saturated heterocycles. The summed E-state index contributed by atoms with van der Waals surface area (Å²) in [7, 11) is 8.23. The summed E-state index contributed by atoms with van der Waals surface area (Å²) in [5.41, 5.74) is 1.52. The number of aryl methyl sites for hydroxylation is 1. The summed E-state index contributed by atoms with van der Waals surface area (Å²) < 4.78 is 17.7. The fourth-order valence-corrected chi connectivity index (χ4v) is 2.57. The highest BCUT2D eigenvalue weighted by atomic mass is 35.5. The van der Waals surface area contributed by atoms with Crippen molar-refractivity contribution < 1.29 is 19.0 Å². The van der Waals surface area contributed by atoms with E-state index >= 15 is 0 Å². The van der Waals surface area contributed by atoms with Crippen LogP contribution < -0.4 is 24.8 Å². The highest BCUT2D eigenvalue weighted by molar-refractivity contribution is 5.85. The van der Waals surface area contributed by atoms with E-state index in [0.29, 0.717) is 17.2 Å². The Bertz CT molecular complexity index is 710. The Morgan fingerprint density at radius 3 is 2.23 bits per heavy atom. The predicted octanol–water partition coefficient (Wildman–Crippen LogP) is 1.44. The Labute approximate surface area is 159 Å². The molecule has 0 radical (unpaired) electrons. The molecule has 144 valence electrons. The summed E-state index contributed by atoms with van der Waals surface area (Å²) in [6.45, 7) is 0.258. The second-order valence-electron chi connectivity index (χ2n) is 5.40. The zero-order chi connectivity index (χ0) is 18.4. The summed E-state index contributed by atoms with van der Waals surface area (Å²) in [6, 6.07) is 3.00. The lowest BCUT2D eigenvalue weighted by Gasteiger charge is -2.18. The van der Waals surface area contributed by atoms with Crippen LogP contribution in [0.15, 0.2) is 24.5 Å². The van der Waals surface area contributed by atoms with Crippen molar-refractivity contribution in [1.29, 1.82) is 0 Å². The molecule has 26 heavy (non-hydrogen) atoms. The van der Waals surface area contributed by atoms with Gasteiger partial charge in [0.15, 0.2) is 0 Å². The van der Waals surface area contributed by atoms with Gasteiger partial charge in [0, 0.05) is 30.9 Å². The molecule has 1 unspecified atom stereocenters. The van der Waals surface area contributed by atoms with Crippen LogP contribution in [0.3, 0.4) is 0 Å². The molecule has 0 saturated carbocycles. The lowest BCUT2D eigenvalue weighted by atomic mass is 10.1. The lowest BCUT2D eigenvalue weighted by molar-refractivity contribution is -0.123. The van der Waals surface area contributed by atoms with Gasteiger partial charge in [0.25, 0.3) is 0 Å². The smallest absolute Gasteiger partial charge is 0.242 e. The first-order valence-electron chi connectivity index (χ1n) is 7.76. The van der Waals surface area contributed by atoms with Gasteiger partial charge in [0.05, 0.1) is 39.6 Å². The van der Waals surface area contributed by atoms with Gasteiger partial charge in [-0.05, 0) is 7.05 Å². The molecule has 0 bridgehead atoms. The van der Waals surface area contributed by atoms with Crippen molar-refractivity contribution in [2.75, 3.05) is 28.4 Å². The fourth-order valence-electron chi connectivity index (χ4n) is 2.57. The van der Waals surface area contributed by atoms with E-state index in [-0.39, 0.29) is 24.9 Å². The number of carbonyl (C=O) groups is 1. The first kappa shape index (κ1) is 21.6. The molecule has 0 aliphatic carbocycles. The van der Waals surface area contributed by atoms with Crippen molar-refractivity contribution in [1.82, 2.24) is 20.4 Å². The van der Waals surface area contributed by atoms with Crippen molar-refractivity contribution in [2.45, 2.75) is 12.6 Å². The number of aromatic nitrogens is 2. The number of hydrogen-bond donors (Lipinski definition) is 2. The van der Waals surface area contributed by atoms with Crippen LogP contribution in [0.5, 0.6) is 17.2 Å². The summed E-state index contributed by atoms with van der Waals surface area (Å²) in [6.07, 6.45) is 3.46. The Balaban J connectivity index is 0.00000338. The maximum Gasteiger partial charge on any atom is 0.242 e. The number of amides is 1. The van der Waals surface area contributed by atoms with Crippen molar-refractivity contribution >= 4 is 18.3 Å². The second kappa shape index (κ2) is 9.88. The minimum atomic E-state index is -0.496. The summed E-state index contributed by atoms with van der Waals surface area (Å²) in [5.74, 6) is 1.61. The average molecular weight is 385 g/mol. The zero-order valence-electron chi connectivity index (χ0n) is 15.5. The van der Waals surface area contributed by atoms with E-state index in [1.165, 1.54) is 0 Å². The molecule has 2 aromatic rings. The number of methoxy groups -OCH3 is 3. The molecule has 0 aliphatic heterocycles. The van der Waals surface area contributed by atoms with E-state index in [1.54, 1.807) is 64.6 Å². The fraction of sp³-hybridized carbons (Fsp3) is 0.412. The van der Waals surface area contributed by atoms with Gasteiger partial charge in [0.1, 0.15) is 23.3 Å². The molecule has 1 amide bonds. The van der Waals surface area contributed by atoms with E-state index < -0.39 is 6.04 Å². The van der Waals surface area contributed by atoms with Crippen LogP contribution in [-0.2, 0) is 18.4 Å².